The van der Waals surface area contributed by atoms with Gasteiger partial charge in [-0.3, -0.25) is 9.38 Å². The molecule has 6 heteroatoms. The fourth-order valence-electron chi connectivity index (χ4n) is 7.07. The van der Waals surface area contributed by atoms with Gasteiger partial charge in [0.25, 0.3) is 0 Å². The minimum absolute atomic E-state index is 0.650. The maximum Gasteiger partial charge on any atom is 0.160 e. The third-order valence-electron chi connectivity index (χ3n) is 9.68. The SMILES string of the molecule is c1ccc(-c2cccc(-c3nc(-c4cccc(-c5ccc(-c6nc7ccccc7c7nc8ccccn8c67)cc5)c4)cc(-c4ccccn4)n3)c2)cc1. The average molecular weight is 679 g/mol. The predicted molar refractivity (Wildman–Crippen MR) is 214 cm³/mol. The molecule has 0 aliphatic rings. The Morgan fingerprint density at radius 3 is 1.89 bits per heavy atom. The molecule has 0 aliphatic heterocycles. The first-order valence-electron chi connectivity index (χ1n) is 17.6. The zero-order chi connectivity index (χ0) is 35.1. The first-order chi connectivity index (χ1) is 26.2. The highest BCUT2D eigenvalue weighted by Crippen LogP contribution is 2.35. The molecule has 0 bridgehead atoms. The third kappa shape index (κ3) is 5.59. The summed E-state index contributed by atoms with van der Waals surface area (Å²) in [6, 6.07) is 58.2. The molecule has 0 unspecified atom stereocenters. The Balaban J connectivity index is 1.05. The van der Waals surface area contributed by atoms with Crippen molar-refractivity contribution in [1.29, 1.82) is 0 Å². The summed E-state index contributed by atoms with van der Waals surface area (Å²) < 4.78 is 2.13. The smallest absolute Gasteiger partial charge is 0.160 e. The Bertz CT molecular complexity index is 2940. The summed E-state index contributed by atoms with van der Waals surface area (Å²) in [6.07, 6.45) is 3.85. The minimum Gasteiger partial charge on any atom is -0.298 e. The molecule has 0 radical (unpaired) electrons. The van der Waals surface area contributed by atoms with Gasteiger partial charge in [0.1, 0.15) is 11.2 Å². The lowest BCUT2D eigenvalue weighted by atomic mass is 9.98. The van der Waals surface area contributed by atoms with Gasteiger partial charge in [-0.15, -0.1) is 0 Å². The van der Waals surface area contributed by atoms with Gasteiger partial charge in [0.2, 0.25) is 0 Å². The fraction of sp³-hybridized carbons (Fsp3) is 0. The van der Waals surface area contributed by atoms with Gasteiger partial charge in [-0.2, -0.15) is 0 Å². The van der Waals surface area contributed by atoms with Crippen LogP contribution in [-0.4, -0.2) is 29.3 Å². The molecule has 0 aliphatic carbocycles. The second kappa shape index (κ2) is 12.8. The van der Waals surface area contributed by atoms with Crippen LogP contribution in [0.5, 0.6) is 0 Å². The van der Waals surface area contributed by atoms with Gasteiger partial charge in [0.15, 0.2) is 5.82 Å². The zero-order valence-corrected chi connectivity index (χ0v) is 28.5. The molecule has 5 heterocycles. The molecular formula is C47H30N6. The van der Waals surface area contributed by atoms with E-state index >= 15 is 0 Å². The maximum atomic E-state index is 5.16. The highest BCUT2D eigenvalue weighted by atomic mass is 15.0. The molecule has 0 atom stereocenters. The van der Waals surface area contributed by atoms with Crippen LogP contribution in [0.15, 0.2) is 182 Å². The summed E-state index contributed by atoms with van der Waals surface area (Å²) in [4.78, 5) is 25.0. The molecule has 0 fully saturated rings. The molecule has 53 heavy (non-hydrogen) atoms. The lowest BCUT2D eigenvalue weighted by Crippen LogP contribution is -1.97. The van der Waals surface area contributed by atoms with Crippen LogP contribution in [-0.2, 0) is 0 Å². The number of fused-ring (bicyclic) bond motifs is 5. The second-order valence-corrected chi connectivity index (χ2v) is 13.0. The normalized spacial score (nSPS) is 11.4. The Labute approximate surface area is 305 Å². The second-order valence-electron chi connectivity index (χ2n) is 13.0. The Morgan fingerprint density at radius 2 is 1.06 bits per heavy atom. The average Bonchev–Trinajstić information content (AvgIpc) is 3.64. The van der Waals surface area contributed by atoms with Gasteiger partial charge in [-0.05, 0) is 70.8 Å². The molecule has 10 aromatic rings. The van der Waals surface area contributed by atoms with Crippen molar-refractivity contribution >= 4 is 27.6 Å². The lowest BCUT2D eigenvalue weighted by Gasteiger charge is -2.11. The molecule has 0 spiro atoms. The van der Waals surface area contributed by atoms with Crippen molar-refractivity contribution in [3.8, 4) is 67.5 Å². The van der Waals surface area contributed by atoms with Gasteiger partial charge >= 0.3 is 0 Å². The highest BCUT2D eigenvalue weighted by Gasteiger charge is 2.17. The van der Waals surface area contributed by atoms with E-state index in [1.54, 1.807) is 6.20 Å². The van der Waals surface area contributed by atoms with Crippen molar-refractivity contribution < 1.29 is 0 Å². The van der Waals surface area contributed by atoms with Gasteiger partial charge in [0, 0.05) is 34.5 Å². The largest absolute Gasteiger partial charge is 0.298 e. The standard InChI is InChI=1S/C47H30N6/c1-2-12-31(13-3-1)35-15-11-17-37(29-35)47-50-41(30-42(51-47)40-20-6-8-26-48-40)36-16-10-14-34(28-36)32-22-24-33(25-23-32)44-46-45(38-18-4-5-19-39(38)49-44)52-43-21-7-9-27-53(43)46/h1-30H. The molecule has 0 amide bonds. The summed E-state index contributed by atoms with van der Waals surface area (Å²) in [5, 5.41) is 1.05. The number of pyridine rings is 3. The predicted octanol–water partition coefficient (Wildman–Crippen LogP) is 11.2. The zero-order valence-electron chi connectivity index (χ0n) is 28.5. The number of benzene rings is 5. The Kier molecular flexibility index (Phi) is 7.36. The van der Waals surface area contributed by atoms with Crippen LogP contribution < -0.4 is 0 Å². The molecule has 5 aromatic heterocycles. The van der Waals surface area contributed by atoms with E-state index in [4.69, 9.17) is 19.9 Å². The van der Waals surface area contributed by atoms with E-state index in [0.717, 1.165) is 89.3 Å². The Morgan fingerprint density at radius 1 is 0.396 bits per heavy atom. The van der Waals surface area contributed by atoms with Gasteiger partial charge < -0.3 is 0 Å². The lowest BCUT2D eigenvalue weighted by molar-refractivity contribution is 1.16. The number of imidazole rings is 1. The van der Waals surface area contributed by atoms with Crippen LogP contribution in [0.3, 0.4) is 0 Å². The maximum absolute atomic E-state index is 5.16. The van der Waals surface area contributed by atoms with Crippen LogP contribution in [0.25, 0.3) is 95.1 Å². The molecule has 0 saturated carbocycles. The summed E-state index contributed by atoms with van der Waals surface area (Å²) in [5.41, 5.74) is 14.5. The van der Waals surface area contributed by atoms with Crippen LogP contribution >= 0.6 is 0 Å². The molecule has 5 aromatic carbocycles. The molecule has 0 saturated heterocycles. The van der Waals surface area contributed by atoms with Crippen molar-refractivity contribution in [2.75, 3.05) is 0 Å². The highest BCUT2D eigenvalue weighted by molar-refractivity contribution is 6.09. The summed E-state index contributed by atoms with van der Waals surface area (Å²) >= 11 is 0. The van der Waals surface area contributed by atoms with Crippen LogP contribution in [0, 0.1) is 0 Å². The van der Waals surface area contributed by atoms with Crippen molar-refractivity contribution in [3.63, 3.8) is 0 Å². The van der Waals surface area contributed by atoms with Crippen LogP contribution in [0.2, 0.25) is 0 Å². The van der Waals surface area contributed by atoms with Crippen molar-refractivity contribution in [2.45, 2.75) is 0 Å². The monoisotopic (exact) mass is 678 g/mol. The third-order valence-corrected chi connectivity index (χ3v) is 9.68. The number of hydrogen-bond acceptors (Lipinski definition) is 5. The quantitative estimate of drug-likeness (QED) is 0.175. The van der Waals surface area contributed by atoms with E-state index in [0.29, 0.717) is 5.82 Å². The number of nitrogens with zero attached hydrogens (tertiary/aromatic N) is 6. The number of para-hydroxylation sites is 1. The van der Waals surface area contributed by atoms with Crippen LogP contribution in [0.4, 0.5) is 0 Å². The molecule has 248 valence electrons. The molecule has 0 N–H and O–H groups in total. The van der Waals surface area contributed by atoms with Crippen LogP contribution in [0.1, 0.15) is 0 Å². The number of aromatic nitrogens is 6. The van der Waals surface area contributed by atoms with Crippen molar-refractivity contribution in [1.82, 2.24) is 29.3 Å². The molecule has 10 rings (SSSR count). The topological polar surface area (TPSA) is 68.9 Å². The summed E-state index contributed by atoms with van der Waals surface area (Å²) in [7, 11) is 0. The number of hydrogen-bond donors (Lipinski definition) is 0. The summed E-state index contributed by atoms with van der Waals surface area (Å²) in [6.45, 7) is 0. The molecular weight excluding hydrogens is 649 g/mol. The van der Waals surface area contributed by atoms with E-state index in [9.17, 15) is 0 Å². The van der Waals surface area contributed by atoms with E-state index in [1.807, 2.05) is 60.7 Å². The van der Waals surface area contributed by atoms with E-state index in [-0.39, 0.29) is 0 Å². The van der Waals surface area contributed by atoms with Gasteiger partial charge in [-0.1, -0.05) is 121 Å². The Hall–Kier alpha value is -7.31. The summed E-state index contributed by atoms with van der Waals surface area (Å²) in [5.74, 6) is 0.650. The van der Waals surface area contributed by atoms with Crippen molar-refractivity contribution in [3.05, 3.63) is 182 Å². The van der Waals surface area contributed by atoms with E-state index < -0.39 is 0 Å². The van der Waals surface area contributed by atoms with Gasteiger partial charge in [0.05, 0.1) is 33.8 Å². The van der Waals surface area contributed by atoms with Gasteiger partial charge in [-0.25, -0.2) is 19.9 Å². The van der Waals surface area contributed by atoms with E-state index in [2.05, 4.69) is 125 Å². The molecule has 6 nitrogen and oxygen atoms in total. The fourth-order valence-corrected chi connectivity index (χ4v) is 7.07. The first-order valence-corrected chi connectivity index (χ1v) is 17.6. The number of rotatable bonds is 6. The minimum atomic E-state index is 0.650. The van der Waals surface area contributed by atoms with E-state index in [1.165, 1.54) is 0 Å². The van der Waals surface area contributed by atoms with Crippen molar-refractivity contribution in [2.24, 2.45) is 0 Å². The first kappa shape index (κ1) is 30.5.